The number of quaternary nitrogens is 1. The van der Waals surface area contributed by atoms with Gasteiger partial charge in [0.15, 0.2) is 0 Å². The van der Waals surface area contributed by atoms with Gasteiger partial charge in [0.1, 0.15) is 19.3 Å². The number of nitrogens with one attached hydrogen (secondary N) is 1. The highest BCUT2D eigenvalue weighted by molar-refractivity contribution is 7.45. The number of hydrogen-bond donors (Lipinski definition) is 1. The van der Waals surface area contributed by atoms with Gasteiger partial charge in [-0.1, -0.05) is 275 Å². The maximum Gasteiger partial charge on any atom is 0.306 e. The molecule has 0 saturated carbocycles. The number of ether oxygens (including phenoxy) is 1. The summed E-state index contributed by atoms with van der Waals surface area (Å²) in [6, 6.07) is -0.893. The van der Waals surface area contributed by atoms with Gasteiger partial charge in [0, 0.05) is 12.8 Å². The molecule has 0 heterocycles. The topological polar surface area (TPSA) is 114 Å². The van der Waals surface area contributed by atoms with E-state index in [0.29, 0.717) is 17.4 Å². The van der Waals surface area contributed by atoms with Crippen molar-refractivity contribution in [1.29, 1.82) is 0 Å². The van der Waals surface area contributed by atoms with Crippen LogP contribution in [0.4, 0.5) is 0 Å². The molecule has 1 N–H and O–H groups in total. The molecule has 0 fully saturated rings. The van der Waals surface area contributed by atoms with Gasteiger partial charge in [-0.25, -0.2) is 0 Å². The van der Waals surface area contributed by atoms with Gasteiger partial charge < -0.3 is 28.5 Å². The Bertz CT molecular complexity index is 1550. The Hall–Kier alpha value is -2.29. The van der Waals surface area contributed by atoms with Crippen molar-refractivity contribution in [2.75, 3.05) is 40.9 Å². The monoisotopic (exact) mass is 1140 g/mol. The van der Waals surface area contributed by atoms with E-state index in [4.69, 9.17) is 13.8 Å². The maximum absolute atomic E-state index is 13.6. The summed E-state index contributed by atoms with van der Waals surface area (Å²) in [5, 5.41) is 3.03. The summed E-state index contributed by atoms with van der Waals surface area (Å²) in [4.78, 5) is 40.1. The highest BCUT2D eigenvalue weighted by Crippen LogP contribution is 2.38. The van der Waals surface area contributed by atoms with Gasteiger partial charge in [0.25, 0.3) is 7.82 Å². The molecule has 0 saturated heterocycles. The number of nitrogens with zero attached hydrogens (tertiary/aromatic N) is 1. The zero-order valence-corrected chi connectivity index (χ0v) is 54.4. The van der Waals surface area contributed by atoms with E-state index in [0.717, 1.165) is 83.5 Å². The van der Waals surface area contributed by atoms with Crippen LogP contribution in [0.1, 0.15) is 323 Å². The summed E-state index contributed by atoms with van der Waals surface area (Å²) >= 11 is 0. The number of rotatable bonds is 62. The molecule has 0 radical (unpaired) electrons. The number of carbonyl (C=O) groups is 2. The van der Waals surface area contributed by atoms with Crippen LogP contribution >= 0.6 is 7.82 Å². The maximum atomic E-state index is 13.6. The van der Waals surface area contributed by atoms with E-state index in [1.807, 2.05) is 33.3 Å². The van der Waals surface area contributed by atoms with Crippen molar-refractivity contribution in [3.8, 4) is 0 Å². The Balaban J connectivity index is 5.08. The third-order valence-corrected chi connectivity index (χ3v) is 16.1. The number of carbonyl (C=O) groups excluding carboxylic acids is 2. The van der Waals surface area contributed by atoms with Crippen LogP contribution in [0.3, 0.4) is 0 Å². The number of unbranched alkanes of at least 4 members (excludes halogenated alkanes) is 38. The van der Waals surface area contributed by atoms with Crippen molar-refractivity contribution >= 4 is 19.7 Å². The summed E-state index contributed by atoms with van der Waals surface area (Å²) in [6.45, 7) is 6.82. The van der Waals surface area contributed by atoms with E-state index >= 15 is 0 Å². The van der Waals surface area contributed by atoms with E-state index in [2.05, 4.69) is 74.7 Å². The number of amides is 1. The van der Waals surface area contributed by atoms with Crippen LogP contribution in [-0.2, 0) is 27.9 Å². The lowest BCUT2D eigenvalue weighted by Crippen LogP contribution is -2.47. The van der Waals surface area contributed by atoms with Crippen LogP contribution in [-0.4, -0.2) is 69.4 Å². The normalized spacial score (nSPS) is 13.9. The zero-order valence-electron chi connectivity index (χ0n) is 53.5. The number of phosphoric acid groups is 1. The van der Waals surface area contributed by atoms with Crippen molar-refractivity contribution < 1.29 is 37.3 Å². The van der Waals surface area contributed by atoms with Crippen molar-refractivity contribution in [3.63, 3.8) is 0 Å². The van der Waals surface area contributed by atoms with Gasteiger partial charge in [0.05, 0.1) is 33.8 Å². The number of phosphoric ester groups is 1. The summed E-state index contributed by atoms with van der Waals surface area (Å²) in [5.41, 5.74) is 0. The third kappa shape index (κ3) is 60.3. The number of allylic oxidation sites excluding steroid dienone is 9. The molecule has 3 atom stereocenters. The van der Waals surface area contributed by atoms with Gasteiger partial charge in [-0.3, -0.25) is 14.2 Å². The van der Waals surface area contributed by atoms with Crippen LogP contribution < -0.4 is 10.2 Å². The highest BCUT2D eigenvalue weighted by Gasteiger charge is 2.27. The van der Waals surface area contributed by atoms with Crippen LogP contribution in [0.2, 0.25) is 0 Å². The van der Waals surface area contributed by atoms with E-state index < -0.39 is 26.6 Å². The van der Waals surface area contributed by atoms with E-state index in [-0.39, 0.29) is 24.9 Å². The smallest absolute Gasteiger partial charge is 0.306 e. The lowest BCUT2D eigenvalue weighted by molar-refractivity contribution is -0.870. The number of likely N-dealkylation sites (N-methyl/N-ethyl adjacent to an activating group) is 1. The number of hydrogen-bond acceptors (Lipinski definition) is 7. The van der Waals surface area contributed by atoms with Crippen molar-refractivity contribution in [2.45, 2.75) is 335 Å². The molecule has 10 heteroatoms. The highest BCUT2D eigenvalue weighted by atomic mass is 31.2. The first-order chi connectivity index (χ1) is 38.9. The SMILES string of the molecule is CCCCC/C=C\C/C=C\CCCCCCCCCCCCCCCCCC(=O)OC(/C=C\CCCCCCCCCCCC)C(COP(=O)([O-])OCC[N+](C)(C)C)NC(=O)CCCCCCCCC/C=C\C/C=C\CCCCC. The molecule has 0 rings (SSSR count). The van der Waals surface area contributed by atoms with Crippen molar-refractivity contribution in [2.24, 2.45) is 0 Å². The molecular weight excluding hydrogens is 1010 g/mol. The fourth-order valence-electron chi connectivity index (χ4n) is 9.88. The Kier molecular flexibility index (Phi) is 58.1. The average molecular weight is 1140 g/mol. The zero-order chi connectivity index (χ0) is 58.6. The predicted octanol–water partition coefficient (Wildman–Crippen LogP) is 20.8. The fourth-order valence-corrected chi connectivity index (χ4v) is 10.6. The molecule has 0 aliphatic carbocycles. The molecule has 9 nitrogen and oxygen atoms in total. The van der Waals surface area contributed by atoms with Crippen LogP contribution in [0.5, 0.6) is 0 Å². The molecule has 468 valence electrons. The van der Waals surface area contributed by atoms with E-state index in [9.17, 15) is 19.0 Å². The van der Waals surface area contributed by atoms with Gasteiger partial charge in [-0.2, -0.15) is 0 Å². The molecular formula is C70H131N2O7P. The second kappa shape index (κ2) is 59.9. The molecule has 0 aromatic rings. The first-order valence-corrected chi connectivity index (χ1v) is 35.6. The first-order valence-electron chi connectivity index (χ1n) is 34.1. The fraction of sp³-hybridized carbons (Fsp3) is 0.829. The lowest BCUT2D eigenvalue weighted by Gasteiger charge is -2.30. The molecule has 0 aliphatic rings. The molecule has 1 amide bonds. The van der Waals surface area contributed by atoms with Gasteiger partial charge in [-0.05, 0) is 96.0 Å². The predicted molar refractivity (Wildman–Crippen MR) is 344 cm³/mol. The minimum Gasteiger partial charge on any atom is -0.756 e. The molecule has 0 spiro atoms. The van der Waals surface area contributed by atoms with Crippen molar-refractivity contribution in [1.82, 2.24) is 5.32 Å². The van der Waals surface area contributed by atoms with E-state index in [1.54, 1.807) is 0 Å². The molecule has 3 unspecified atom stereocenters. The standard InChI is InChI=1S/C70H131N2O7P/c1-7-10-13-16-19-22-25-28-30-32-33-34-35-36-37-38-39-41-43-45-48-51-54-57-60-63-70(74)79-68(61-58-55-52-49-46-27-24-21-18-15-12-9-3)67(66-78-80(75,76)77-65-64-72(4,5)6)71-69(73)62-59-56-53-50-47-44-42-40-31-29-26-23-20-17-14-11-8-2/h19-20,22-23,28-31,58,61,67-68H,7-18,21,24-27,32-57,59-60,62-66H2,1-6H3,(H-,71,73,75,76)/b22-19-,23-20-,30-28-,31-29-,61-58-. The summed E-state index contributed by atoms with van der Waals surface area (Å²) in [5.74, 6) is -0.540. The minimum absolute atomic E-state index is 0.0240. The molecule has 0 bridgehead atoms. The van der Waals surface area contributed by atoms with Crippen LogP contribution in [0.15, 0.2) is 60.8 Å². The van der Waals surface area contributed by atoms with Crippen LogP contribution in [0.25, 0.3) is 0 Å². The lowest BCUT2D eigenvalue weighted by atomic mass is 10.0. The summed E-state index contributed by atoms with van der Waals surface area (Å²) in [6.07, 6.45) is 76.2. The average Bonchev–Trinajstić information content (AvgIpc) is 3.42. The molecule has 0 aromatic carbocycles. The quantitative estimate of drug-likeness (QED) is 0.0212. The number of esters is 1. The van der Waals surface area contributed by atoms with Gasteiger partial charge in [-0.15, -0.1) is 0 Å². The van der Waals surface area contributed by atoms with Crippen molar-refractivity contribution in [3.05, 3.63) is 60.8 Å². The largest absolute Gasteiger partial charge is 0.756 e. The second-order valence-corrected chi connectivity index (χ2v) is 25.7. The Labute approximate surface area is 496 Å². The second-order valence-electron chi connectivity index (χ2n) is 24.3. The molecule has 80 heavy (non-hydrogen) atoms. The summed E-state index contributed by atoms with van der Waals surface area (Å²) < 4.78 is 30.4. The first kappa shape index (κ1) is 77.7. The molecule has 0 aromatic heterocycles. The molecule has 0 aliphatic heterocycles. The van der Waals surface area contributed by atoms with E-state index in [1.165, 1.54) is 205 Å². The summed E-state index contributed by atoms with van der Waals surface area (Å²) in [7, 11) is 1.19. The Morgan fingerprint density at radius 3 is 1.15 bits per heavy atom. The Morgan fingerprint density at radius 2 is 0.762 bits per heavy atom. The minimum atomic E-state index is -4.70. The Morgan fingerprint density at radius 1 is 0.438 bits per heavy atom. The van der Waals surface area contributed by atoms with Gasteiger partial charge >= 0.3 is 5.97 Å². The van der Waals surface area contributed by atoms with Crippen LogP contribution in [0, 0.1) is 0 Å². The third-order valence-electron chi connectivity index (χ3n) is 15.2. The van der Waals surface area contributed by atoms with Gasteiger partial charge in [0.2, 0.25) is 5.91 Å².